The first-order chi connectivity index (χ1) is 33.0. The molecule has 2 aromatic carbocycles. The summed E-state index contributed by atoms with van der Waals surface area (Å²) in [6.45, 7) is 18.3. The maximum absolute atomic E-state index is 14.7. The van der Waals surface area contributed by atoms with E-state index < -0.39 is 35.4 Å². The molecule has 6 bridgehead atoms. The van der Waals surface area contributed by atoms with Gasteiger partial charge in [-0.25, -0.2) is 5.43 Å². The van der Waals surface area contributed by atoms with Crippen LogP contribution in [-0.4, -0.2) is 133 Å². The third-order valence-corrected chi connectivity index (χ3v) is 14.4. The summed E-state index contributed by atoms with van der Waals surface area (Å²) in [6.07, 6.45) is 5.24. The third-order valence-electron chi connectivity index (χ3n) is 14.4. The molecule has 4 aromatic rings. The van der Waals surface area contributed by atoms with Crippen LogP contribution in [0, 0.1) is 23.2 Å². The Morgan fingerprint density at radius 2 is 1.84 bits per heavy atom. The second-order valence-corrected chi connectivity index (χ2v) is 20.2. The van der Waals surface area contributed by atoms with Crippen LogP contribution in [0.2, 0.25) is 0 Å². The van der Waals surface area contributed by atoms with Gasteiger partial charge in [0.05, 0.1) is 43.2 Å². The summed E-state index contributed by atoms with van der Waals surface area (Å²) in [5.41, 5.74) is 10.7. The number of nitrogens with one attached hydrogen (secondary N) is 2. The van der Waals surface area contributed by atoms with Gasteiger partial charge in [0.2, 0.25) is 11.8 Å². The summed E-state index contributed by atoms with van der Waals surface area (Å²) in [7, 11) is 5.41. The molecule has 0 spiro atoms. The van der Waals surface area contributed by atoms with Crippen molar-refractivity contribution in [2.75, 3.05) is 54.1 Å². The number of allylic oxidation sites excluding steroid dienone is 1. The zero-order chi connectivity index (χ0) is 49.7. The largest absolute Gasteiger partial charge is 0.464 e. The number of cyclic esters (lactones) is 1. The number of likely N-dealkylation sites (N-methyl/N-ethyl adjacent to an activating group) is 2. The van der Waals surface area contributed by atoms with E-state index in [1.54, 1.807) is 25.3 Å². The van der Waals surface area contributed by atoms with Crippen molar-refractivity contribution >= 4 is 40.9 Å². The number of aldehydes is 1. The van der Waals surface area contributed by atoms with Crippen molar-refractivity contribution in [3.63, 3.8) is 0 Å². The Labute approximate surface area is 406 Å². The Morgan fingerprint density at radius 1 is 1.09 bits per heavy atom. The van der Waals surface area contributed by atoms with Crippen LogP contribution in [0.5, 0.6) is 0 Å². The van der Waals surface area contributed by atoms with Crippen LogP contribution >= 0.6 is 0 Å². The molecule has 3 amide bonds. The SMILES string of the molecule is C=CC=O.CCn1c(-c2cccnc2C(C)OC)c2c3cc(ccc31)-c1cccc(c1)CC(NC(=O)C(C(C)C)N(C)C(=O)C1CN(C)C3COCC13)C(=O)N1CCC[C@H](N1)C(=O)OCC(C)(C)C2. The molecule has 0 radical (unpaired) electrons. The lowest BCUT2D eigenvalue weighted by Crippen LogP contribution is -2.62. The number of rotatable bonds is 10. The van der Waals surface area contributed by atoms with E-state index in [1.807, 2.05) is 46.0 Å². The van der Waals surface area contributed by atoms with E-state index in [0.29, 0.717) is 58.4 Å². The van der Waals surface area contributed by atoms with Crippen LogP contribution in [0.15, 0.2) is 73.4 Å². The summed E-state index contributed by atoms with van der Waals surface area (Å²) < 4.78 is 20.1. The number of benzene rings is 2. The first-order valence-electron chi connectivity index (χ1n) is 24.4. The van der Waals surface area contributed by atoms with Gasteiger partial charge >= 0.3 is 5.97 Å². The highest BCUT2D eigenvalue weighted by Crippen LogP contribution is 2.42. The molecule has 2 N–H and O–H groups in total. The molecule has 7 atom stereocenters. The molecule has 0 aliphatic carbocycles. The van der Waals surface area contributed by atoms with Gasteiger partial charge in [-0.15, -0.1) is 0 Å². The Morgan fingerprint density at radius 3 is 2.55 bits per heavy atom. The van der Waals surface area contributed by atoms with E-state index in [9.17, 15) is 19.2 Å². The van der Waals surface area contributed by atoms with Crippen molar-refractivity contribution in [2.24, 2.45) is 23.2 Å². The molecule has 69 heavy (non-hydrogen) atoms. The highest BCUT2D eigenvalue weighted by molar-refractivity contribution is 5.96. The smallest absolute Gasteiger partial charge is 0.324 e. The number of methoxy groups -OCH3 is 1. The van der Waals surface area contributed by atoms with Crippen molar-refractivity contribution in [1.29, 1.82) is 0 Å². The number of fused-ring (bicyclic) bond motifs is 7. The van der Waals surface area contributed by atoms with Crippen molar-refractivity contribution in [3.8, 4) is 22.4 Å². The molecule has 2 aromatic heterocycles. The number of amides is 3. The molecule has 8 rings (SSSR count). The predicted octanol–water partition coefficient (Wildman–Crippen LogP) is 6.18. The minimum atomic E-state index is -1.01. The number of hydrogen-bond acceptors (Lipinski definition) is 11. The molecular weight excluding hydrogens is 875 g/mol. The molecule has 6 heterocycles. The Hall–Kier alpha value is -5.74. The van der Waals surface area contributed by atoms with Gasteiger partial charge < -0.3 is 29.0 Å². The normalized spacial score (nSPS) is 23.5. The number of aromatic nitrogens is 2. The highest BCUT2D eigenvalue weighted by atomic mass is 16.5. The van der Waals surface area contributed by atoms with Crippen LogP contribution in [0.4, 0.5) is 0 Å². The predicted molar refractivity (Wildman–Crippen MR) is 266 cm³/mol. The summed E-state index contributed by atoms with van der Waals surface area (Å²) in [4.78, 5) is 75.1. The Balaban J connectivity index is 0.00000169. The molecule has 15 nitrogen and oxygen atoms in total. The Kier molecular flexibility index (Phi) is 16.2. The minimum absolute atomic E-state index is 0.0666. The fraction of sp³-hybridized carbons (Fsp3) is 0.519. The summed E-state index contributed by atoms with van der Waals surface area (Å²) >= 11 is 0. The average Bonchev–Trinajstić information content (AvgIpc) is 4.05. The number of carbonyl (C=O) groups is 5. The fourth-order valence-corrected chi connectivity index (χ4v) is 10.8. The van der Waals surface area contributed by atoms with Crippen LogP contribution in [0.1, 0.15) is 77.3 Å². The number of esters is 1. The number of ether oxygens (including phenoxy) is 3. The van der Waals surface area contributed by atoms with E-state index in [1.165, 1.54) is 11.1 Å². The molecule has 3 fully saturated rings. The van der Waals surface area contributed by atoms with Crippen molar-refractivity contribution in [2.45, 2.75) is 104 Å². The second-order valence-electron chi connectivity index (χ2n) is 20.2. The fourth-order valence-electron chi connectivity index (χ4n) is 10.8. The van der Waals surface area contributed by atoms with E-state index in [0.717, 1.165) is 50.1 Å². The molecule has 0 saturated carbocycles. The maximum atomic E-state index is 14.7. The van der Waals surface area contributed by atoms with E-state index in [4.69, 9.17) is 24.0 Å². The standard InChI is InChI=1S/C51H67N7O7.C3H4O/c1-10-57-42-19-18-34-24-36(42)37(46(57)35-16-12-20-52-44(35)31(4)63-9)25-51(5,6)29-65-50(62)40-17-13-21-58(54-40)49(61)41(23-32-14-11-15-33(34)22-32)53-47(59)45(30(2)3)56(8)48(60)38-26-55(7)43-28-64-27-39(38)43;1-2-3-4/h11-12,14-16,18-20,22,24,30-31,38-41,43,45,54H,10,13,17,21,23,25-29H2,1-9H3,(H,53,59);2-3H,1H2/t31?,38?,39?,40-,41?,43?,45?;/m0./s1. The lowest BCUT2D eigenvalue weighted by molar-refractivity contribution is -0.155. The quantitative estimate of drug-likeness (QED) is 0.106. The van der Waals surface area contributed by atoms with Gasteiger partial charge in [-0.05, 0) is 98.7 Å². The van der Waals surface area contributed by atoms with Crippen LogP contribution < -0.4 is 10.7 Å². The van der Waals surface area contributed by atoms with Gasteiger partial charge in [0.25, 0.3) is 5.91 Å². The van der Waals surface area contributed by atoms with Gasteiger partial charge in [0, 0.05) is 80.3 Å². The number of nitrogens with zero attached hydrogens (tertiary/aromatic N) is 5. The molecule has 370 valence electrons. The van der Waals surface area contributed by atoms with Crippen molar-refractivity contribution in [1.82, 2.24) is 35.1 Å². The van der Waals surface area contributed by atoms with Crippen LogP contribution in [0.3, 0.4) is 0 Å². The van der Waals surface area contributed by atoms with Crippen molar-refractivity contribution < 1.29 is 38.2 Å². The summed E-state index contributed by atoms with van der Waals surface area (Å²) in [6, 6.07) is 16.4. The maximum Gasteiger partial charge on any atom is 0.324 e. The lowest BCUT2D eigenvalue weighted by atomic mass is 9.84. The summed E-state index contributed by atoms with van der Waals surface area (Å²) in [5.74, 6) is -1.76. The molecular formula is C54H71N7O8. The highest BCUT2D eigenvalue weighted by Gasteiger charge is 2.49. The number of aryl methyl sites for hydroxylation is 1. The van der Waals surface area contributed by atoms with Gasteiger partial charge in [0.1, 0.15) is 24.4 Å². The van der Waals surface area contributed by atoms with E-state index in [2.05, 4.69) is 84.0 Å². The monoisotopic (exact) mass is 946 g/mol. The third kappa shape index (κ3) is 10.9. The number of hydrogen-bond donors (Lipinski definition) is 2. The zero-order valence-corrected chi connectivity index (χ0v) is 41.8. The van der Waals surface area contributed by atoms with Gasteiger partial charge in [0.15, 0.2) is 0 Å². The molecule has 4 aliphatic heterocycles. The van der Waals surface area contributed by atoms with Gasteiger partial charge in [-0.2, -0.15) is 0 Å². The van der Waals surface area contributed by atoms with E-state index >= 15 is 0 Å². The zero-order valence-electron chi connectivity index (χ0n) is 41.8. The van der Waals surface area contributed by atoms with E-state index in [-0.39, 0.29) is 54.7 Å². The van der Waals surface area contributed by atoms with Gasteiger partial charge in [-0.1, -0.05) is 64.6 Å². The first kappa shape index (κ1) is 51.1. The van der Waals surface area contributed by atoms with Crippen LogP contribution in [-0.2, 0) is 57.6 Å². The average molecular weight is 946 g/mol. The number of likely N-dealkylation sites (tertiary alicyclic amines) is 1. The lowest BCUT2D eigenvalue weighted by Gasteiger charge is -2.37. The van der Waals surface area contributed by atoms with Gasteiger partial charge in [-0.3, -0.25) is 38.9 Å². The summed E-state index contributed by atoms with van der Waals surface area (Å²) in [5, 5.41) is 5.68. The molecule has 4 aliphatic rings. The second kappa shape index (κ2) is 21.9. The molecule has 6 unspecified atom stereocenters. The number of carbonyl (C=O) groups excluding carboxylic acids is 5. The minimum Gasteiger partial charge on any atom is -0.464 e. The molecule has 3 saturated heterocycles. The molecule has 15 heteroatoms. The topological polar surface area (TPSA) is 165 Å². The number of hydrazine groups is 1. The number of pyridine rings is 1. The Bertz CT molecular complexity index is 2530. The first-order valence-corrected chi connectivity index (χ1v) is 24.4. The van der Waals surface area contributed by atoms with Crippen LogP contribution in [0.25, 0.3) is 33.3 Å². The van der Waals surface area contributed by atoms with Crippen molar-refractivity contribution in [3.05, 3.63) is 90.3 Å².